The molecule has 0 radical (unpaired) electrons. The molecule has 0 atom stereocenters. The molecule has 1 aliphatic rings. The second-order valence-electron chi connectivity index (χ2n) is 5.72. The predicted molar refractivity (Wildman–Crippen MR) is 89.0 cm³/mol. The quantitative estimate of drug-likeness (QED) is 0.837. The van der Waals surface area contributed by atoms with E-state index in [0.29, 0.717) is 29.3 Å². The van der Waals surface area contributed by atoms with E-state index in [-0.39, 0.29) is 24.5 Å². The molecule has 0 bridgehead atoms. The summed E-state index contributed by atoms with van der Waals surface area (Å²) in [6.45, 7) is 6.07. The van der Waals surface area contributed by atoms with Gasteiger partial charge in [0.05, 0.1) is 11.8 Å². The molecular formula is C17H19N3O5. The first kappa shape index (κ1) is 16.8. The number of carbonyl (C=O) groups is 2. The lowest BCUT2D eigenvalue weighted by molar-refractivity contribution is 0.0371. The van der Waals surface area contributed by atoms with Crippen molar-refractivity contribution in [2.24, 2.45) is 0 Å². The van der Waals surface area contributed by atoms with E-state index in [2.05, 4.69) is 10.4 Å². The van der Waals surface area contributed by atoms with Crippen LogP contribution >= 0.6 is 0 Å². The second-order valence-corrected chi connectivity index (χ2v) is 5.72. The predicted octanol–water partition coefficient (Wildman–Crippen LogP) is 2.45. The van der Waals surface area contributed by atoms with Crippen LogP contribution in [0.1, 0.15) is 41.6 Å². The lowest BCUT2D eigenvalue weighted by Gasteiger charge is -2.08. The zero-order chi connectivity index (χ0) is 18.0. The Morgan fingerprint density at radius 3 is 2.80 bits per heavy atom. The Morgan fingerprint density at radius 1 is 1.32 bits per heavy atom. The van der Waals surface area contributed by atoms with E-state index in [9.17, 15) is 9.59 Å². The smallest absolute Gasteiger partial charge is 0.361 e. The Bertz CT molecular complexity index is 813. The van der Waals surface area contributed by atoms with Gasteiger partial charge in [-0.3, -0.25) is 9.48 Å². The third-order valence-corrected chi connectivity index (χ3v) is 3.50. The number of benzene rings is 1. The number of carbonyl (C=O) groups excluding carboxylic acids is 2. The Hall–Kier alpha value is -3.03. The molecule has 1 aliphatic heterocycles. The first-order valence-electron chi connectivity index (χ1n) is 7.97. The maximum Gasteiger partial charge on any atom is 0.361 e. The zero-order valence-corrected chi connectivity index (χ0v) is 14.2. The summed E-state index contributed by atoms with van der Waals surface area (Å²) in [5.74, 6) is 0.142. The molecule has 0 saturated carbocycles. The van der Waals surface area contributed by atoms with Crippen LogP contribution in [0.4, 0.5) is 5.69 Å². The third-order valence-electron chi connectivity index (χ3n) is 3.50. The largest absolute Gasteiger partial charge is 0.458 e. The topological polar surface area (TPSA) is 91.7 Å². The maximum atomic E-state index is 12.5. The third kappa shape index (κ3) is 3.57. The summed E-state index contributed by atoms with van der Waals surface area (Å²) in [5.41, 5.74) is 0.761. The normalized spacial score (nSPS) is 12.3. The van der Waals surface area contributed by atoms with Gasteiger partial charge in [0.15, 0.2) is 17.2 Å². The molecular weight excluding hydrogens is 326 g/mol. The van der Waals surface area contributed by atoms with Crippen LogP contribution in [0.3, 0.4) is 0 Å². The van der Waals surface area contributed by atoms with Crippen molar-refractivity contribution in [1.29, 1.82) is 0 Å². The number of nitrogens with zero attached hydrogens (tertiary/aromatic N) is 2. The molecule has 1 aromatic carbocycles. The number of fused-ring (bicyclic) bond motifs is 1. The van der Waals surface area contributed by atoms with Gasteiger partial charge in [-0.05, 0) is 39.0 Å². The van der Waals surface area contributed by atoms with Gasteiger partial charge in [0.1, 0.15) is 0 Å². The van der Waals surface area contributed by atoms with Gasteiger partial charge >= 0.3 is 5.97 Å². The number of nitrogens with one attached hydrogen (secondary N) is 1. The van der Waals surface area contributed by atoms with Gasteiger partial charge < -0.3 is 19.5 Å². The summed E-state index contributed by atoms with van der Waals surface area (Å²) < 4.78 is 17.2. The fraction of sp³-hybridized carbons (Fsp3) is 0.353. The van der Waals surface area contributed by atoms with E-state index in [0.717, 1.165) is 0 Å². The molecule has 0 aliphatic carbocycles. The fourth-order valence-electron chi connectivity index (χ4n) is 2.33. The highest BCUT2D eigenvalue weighted by Gasteiger charge is 2.22. The monoisotopic (exact) mass is 345 g/mol. The van der Waals surface area contributed by atoms with E-state index in [1.54, 1.807) is 42.9 Å². The summed E-state index contributed by atoms with van der Waals surface area (Å²) in [4.78, 5) is 24.7. The van der Waals surface area contributed by atoms with Crippen molar-refractivity contribution in [2.75, 3.05) is 12.1 Å². The van der Waals surface area contributed by atoms with E-state index in [1.165, 1.54) is 0 Å². The lowest BCUT2D eigenvalue weighted by atomic mass is 10.2. The van der Waals surface area contributed by atoms with Crippen molar-refractivity contribution in [2.45, 2.75) is 33.4 Å². The van der Waals surface area contributed by atoms with Gasteiger partial charge in [-0.1, -0.05) is 0 Å². The molecule has 0 fully saturated rings. The van der Waals surface area contributed by atoms with Crippen molar-refractivity contribution >= 4 is 17.6 Å². The average Bonchev–Trinajstić information content (AvgIpc) is 3.19. The van der Waals surface area contributed by atoms with E-state index >= 15 is 0 Å². The van der Waals surface area contributed by atoms with Crippen LogP contribution in [0.5, 0.6) is 11.5 Å². The molecule has 0 unspecified atom stereocenters. The van der Waals surface area contributed by atoms with Crippen LogP contribution in [0.2, 0.25) is 0 Å². The average molecular weight is 345 g/mol. The Kier molecular flexibility index (Phi) is 4.60. The number of anilines is 1. The van der Waals surface area contributed by atoms with Crippen LogP contribution in [0.15, 0.2) is 24.4 Å². The standard InChI is InChI=1S/C17H19N3O5/c1-4-20-8-12(15(19-20)17(22)25-10(2)3)18-16(21)11-5-6-13-14(7-11)24-9-23-13/h5-8,10H,4,9H2,1-3H3,(H,18,21). The molecule has 1 amide bonds. The number of aryl methyl sites for hydroxylation is 1. The molecule has 1 N–H and O–H groups in total. The van der Waals surface area contributed by atoms with E-state index in [4.69, 9.17) is 14.2 Å². The summed E-state index contributed by atoms with van der Waals surface area (Å²) in [5, 5.41) is 6.88. The van der Waals surface area contributed by atoms with Gasteiger partial charge in [-0.25, -0.2) is 4.79 Å². The molecule has 0 spiro atoms. The molecule has 25 heavy (non-hydrogen) atoms. The Balaban J connectivity index is 1.83. The molecule has 8 nitrogen and oxygen atoms in total. The molecule has 2 heterocycles. The summed E-state index contributed by atoms with van der Waals surface area (Å²) in [6.07, 6.45) is 1.32. The van der Waals surface area contributed by atoms with Gasteiger partial charge in [0, 0.05) is 18.3 Å². The maximum absolute atomic E-state index is 12.5. The first-order chi connectivity index (χ1) is 12.0. The minimum atomic E-state index is -0.580. The Morgan fingerprint density at radius 2 is 2.08 bits per heavy atom. The number of rotatable bonds is 5. The second kappa shape index (κ2) is 6.84. The van der Waals surface area contributed by atoms with Gasteiger partial charge in [-0.2, -0.15) is 5.10 Å². The molecule has 0 saturated heterocycles. The first-order valence-corrected chi connectivity index (χ1v) is 7.97. The van der Waals surface area contributed by atoms with Crippen molar-refractivity contribution in [3.63, 3.8) is 0 Å². The molecule has 3 rings (SSSR count). The summed E-state index contributed by atoms with van der Waals surface area (Å²) in [7, 11) is 0. The van der Waals surface area contributed by atoms with Gasteiger partial charge in [-0.15, -0.1) is 0 Å². The SMILES string of the molecule is CCn1cc(NC(=O)c2ccc3c(c2)OCO3)c(C(=O)OC(C)C)n1. The highest BCUT2D eigenvalue weighted by Crippen LogP contribution is 2.32. The summed E-state index contributed by atoms with van der Waals surface area (Å²) >= 11 is 0. The minimum Gasteiger partial charge on any atom is -0.458 e. The number of esters is 1. The van der Waals surface area contributed by atoms with Crippen LogP contribution in [-0.4, -0.2) is 34.6 Å². The number of hydrogen-bond acceptors (Lipinski definition) is 6. The zero-order valence-electron chi connectivity index (χ0n) is 14.2. The molecule has 1 aromatic heterocycles. The number of ether oxygens (including phenoxy) is 3. The Labute approximate surface area is 144 Å². The number of amides is 1. The van der Waals surface area contributed by atoms with Crippen molar-refractivity contribution < 1.29 is 23.8 Å². The number of hydrogen-bond donors (Lipinski definition) is 1. The van der Waals surface area contributed by atoms with Crippen LogP contribution in [-0.2, 0) is 11.3 Å². The number of aromatic nitrogens is 2. The van der Waals surface area contributed by atoms with Crippen LogP contribution in [0, 0.1) is 0 Å². The van der Waals surface area contributed by atoms with Crippen LogP contribution in [0.25, 0.3) is 0 Å². The van der Waals surface area contributed by atoms with Crippen molar-refractivity contribution in [3.05, 3.63) is 35.7 Å². The van der Waals surface area contributed by atoms with Gasteiger partial charge in [0.2, 0.25) is 6.79 Å². The lowest BCUT2D eigenvalue weighted by Crippen LogP contribution is -2.17. The highest BCUT2D eigenvalue weighted by molar-refractivity contribution is 6.07. The van der Waals surface area contributed by atoms with Gasteiger partial charge in [0.25, 0.3) is 5.91 Å². The fourth-order valence-corrected chi connectivity index (χ4v) is 2.33. The highest BCUT2D eigenvalue weighted by atomic mass is 16.7. The molecule has 2 aromatic rings. The molecule has 8 heteroatoms. The van der Waals surface area contributed by atoms with E-state index < -0.39 is 5.97 Å². The van der Waals surface area contributed by atoms with E-state index in [1.807, 2.05) is 6.92 Å². The van der Waals surface area contributed by atoms with Crippen molar-refractivity contribution in [1.82, 2.24) is 9.78 Å². The van der Waals surface area contributed by atoms with Crippen LogP contribution < -0.4 is 14.8 Å². The minimum absolute atomic E-state index is 0.0737. The summed E-state index contributed by atoms with van der Waals surface area (Å²) in [6, 6.07) is 4.88. The van der Waals surface area contributed by atoms with Crippen molar-refractivity contribution in [3.8, 4) is 11.5 Å². The molecule has 132 valence electrons.